The third-order valence-electron chi connectivity index (χ3n) is 11.5. The van der Waals surface area contributed by atoms with Crippen LogP contribution in [0.4, 0.5) is 11.4 Å². The van der Waals surface area contributed by atoms with Gasteiger partial charge in [0, 0.05) is 61.4 Å². The summed E-state index contributed by atoms with van der Waals surface area (Å²) in [7, 11) is 0. The fraction of sp³-hybridized carbons (Fsp3) is 0.185. The predicted molar refractivity (Wildman–Crippen MR) is 245 cm³/mol. The number of anilines is 2. The molecule has 5 nitrogen and oxygen atoms in total. The van der Waals surface area contributed by atoms with E-state index in [2.05, 4.69) is 222 Å². The first-order valence-electron chi connectivity index (χ1n) is 20.4. The van der Waals surface area contributed by atoms with Crippen molar-refractivity contribution in [3.63, 3.8) is 0 Å². The van der Waals surface area contributed by atoms with Gasteiger partial charge in [0.05, 0.1) is 0 Å². The van der Waals surface area contributed by atoms with Crippen LogP contribution < -0.4 is 14.5 Å². The number of pyridine rings is 1. The van der Waals surface area contributed by atoms with Gasteiger partial charge in [-0.15, -0.1) is 53.6 Å². The fourth-order valence-corrected chi connectivity index (χ4v) is 7.93. The molecule has 0 N–H and O–H groups in total. The summed E-state index contributed by atoms with van der Waals surface area (Å²) in [6.07, 6.45) is 1.90. The molecule has 1 aliphatic heterocycles. The van der Waals surface area contributed by atoms with Gasteiger partial charge < -0.3 is 19.1 Å². The van der Waals surface area contributed by atoms with Crippen LogP contribution in [0.5, 0.6) is 11.5 Å². The first kappa shape index (κ1) is 40.9. The summed E-state index contributed by atoms with van der Waals surface area (Å²) in [5.41, 5.74) is 13.2. The smallest absolute Gasteiger partial charge is 0.135 e. The number of aromatic nitrogens is 2. The fourth-order valence-electron chi connectivity index (χ4n) is 7.93. The van der Waals surface area contributed by atoms with Crippen LogP contribution in [0.3, 0.4) is 0 Å². The Bertz CT molecular complexity index is 2820. The maximum absolute atomic E-state index is 6.78. The molecule has 6 aromatic carbocycles. The molecule has 0 radical (unpaired) electrons. The minimum atomic E-state index is -0.146. The average Bonchev–Trinajstić information content (AvgIpc) is 3.73. The number of ether oxygens (including phenoxy) is 1. The minimum Gasteiger partial charge on any atom is -0.509 e. The zero-order valence-electron chi connectivity index (χ0n) is 35.4. The molecule has 8 aromatic rings. The van der Waals surface area contributed by atoms with Gasteiger partial charge in [-0.2, -0.15) is 6.07 Å². The van der Waals surface area contributed by atoms with Gasteiger partial charge in [0.15, 0.2) is 0 Å². The standard InChI is InChI=1S/C54H49N4O.Pt/c1-36-37(2)57(35-56(36)44-28-40(38-17-11-9-12-18-38)27-41(29-44)39-19-13-10-14-20-39)45-30-43(54(6,7)8)31-47(33-45)59-46-23-24-49-48-21-15-16-22-50(48)58(51(49)34-46)52-32-42(25-26-55-52)53(3,4)5;/h9-32,35H,1-8H3;/q-3;. The number of nitrogens with zero attached hydrogens (tertiary/aromatic N) is 4. The topological polar surface area (TPSA) is 33.5 Å². The van der Waals surface area contributed by atoms with E-state index in [1.54, 1.807) is 0 Å². The minimum absolute atomic E-state index is 0. The number of hydrogen-bond acceptors (Lipinski definition) is 4. The van der Waals surface area contributed by atoms with E-state index >= 15 is 0 Å². The number of fused-ring (bicyclic) bond motifs is 3. The van der Waals surface area contributed by atoms with Gasteiger partial charge in [0.2, 0.25) is 0 Å². The van der Waals surface area contributed by atoms with Gasteiger partial charge in [0.1, 0.15) is 5.82 Å². The molecular weight excluding hydrogens is 916 g/mol. The van der Waals surface area contributed by atoms with Crippen molar-refractivity contribution in [1.82, 2.24) is 9.55 Å². The number of hydrogen-bond donors (Lipinski definition) is 0. The molecular formula is C54H49N4OPt-3. The molecule has 0 spiro atoms. The van der Waals surface area contributed by atoms with Crippen LogP contribution >= 0.6 is 0 Å². The van der Waals surface area contributed by atoms with Gasteiger partial charge in [-0.3, -0.25) is 0 Å². The van der Waals surface area contributed by atoms with Crippen molar-refractivity contribution < 1.29 is 25.8 Å². The Kier molecular flexibility index (Phi) is 10.9. The Morgan fingerprint density at radius 1 is 0.550 bits per heavy atom. The number of para-hydroxylation sites is 1. The molecule has 1 aliphatic rings. The molecule has 304 valence electrons. The first-order chi connectivity index (χ1) is 28.3. The molecule has 6 heteroatoms. The van der Waals surface area contributed by atoms with E-state index in [0.717, 1.165) is 56.0 Å². The molecule has 0 bridgehead atoms. The molecule has 0 fully saturated rings. The average molecular weight is 965 g/mol. The van der Waals surface area contributed by atoms with Crippen LogP contribution in [-0.2, 0) is 31.9 Å². The summed E-state index contributed by atoms with van der Waals surface area (Å²) in [4.78, 5) is 9.38. The number of allylic oxidation sites excluding steroid dienone is 2. The van der Waals surface area contributed by atoms with E-state index in [-0.39, 0.29) is 31.9 Å². The van der Waals surface area contributed by atoms with Crippen molar-refractivity contribution in [1.29, 1.82) is 0 Å². The van der Waals surface area contributed by atoms with Crippen molar-refractivity contribution in [2.45, 2.75) is 66.2 Å². The van der Waals surface area contributed by atoms with Gasteiger partial charge in [0.25, 0.3) is 0 Å². The first-order valence-corrected chi connectivity index (χ1v) is 20.4. The van der Waals surface area contributed by atoms with Crippen molar-refractivity contribution in [3.8, 4) is 39.6 Å². The van der Waals surface area contributed by atoms with Crippen LogP contribution in [0.2, 0.25) is 0 Å². The second kappa shape index (κ2) is 15.9. The quantitative estimate of drug-likeness (QED) is 0.149. The largest absolute Gasteiger partial charge is 0.509 e. The summed E-state index contributed by atoms with van der Waals surface area (Å²) >= 11 is 0. The molecule has 60 heavy (non-hydrogen) atoms. The molecule has 0 amide bonds. The summed E-state index contributed by atoms with van der Waals surface area (Å²) < 4.78 is 8.98. The monoisotopic (exact) mass is 964 g/mol. The molecule has 3 heterocycles. The van der Waals surface area contributed by atoms with Crippen molar-refractivity contribution >= 4 is 33.2 Å². The molecule has 0 saturated heterocycles. The Balaban J connectivity index is 0.00000499. The Labute approximate surface area is 369 Å². The third kappa shape index (κ3) is 7.80. The van der Waals surface area contributed by atoms with E-state index in [9.17, 15) is 0 Å². The van der Waals surface area contributed by atoms with E-state index in [4.69, 9.17) is 9.72 Å². The number of benzene rings is 6. The van der Waals surface area contributed by atoms with Gasteiger partial charge >= 0.3 is 0 Å². The van der Waals surface area contributed by atoms with Crippen LogP contribution in [0.15, 0.2) is 157 Å². The summed E-state index contributed by atoms with van der Waals surface area (Å²) in [6, 6.07) is 56.6. The zero-order chi connectivity index (χ0) is 41.1. The molecule has 2 aromatic heterocycles. The SMILES string of the molecule is CC1=C(C)N(c2cc(-c3ccccc3)cc(-c3ccccc3)c2)[CH-]N1c1[c-]c(Oc2[c-]c3c(cc2)c2ccccc2n3-c2cc(C(C)(C)C)ccn2)cc(C(C)(C)C)c1.[Pt]. The molecule has 0 saturated carbocycles. The summed E-state index contributed by atoms with van der Waals surface area (Å²) in [5.74, 6) is 2.11. The molecule has 0 unspecified atom stereocenters. The van der Waals surface area contributed by atoms with Crippen LogP contribution in [0.25, 0.3) is 49.9 Å². The van der Waals surface area contributed by atoms with Crippen molar-refractivity contribution in [2.24, 2.45) is 0 Å². The summed E-state index contributed by atoms with van der Waals surface area (Å²) in [6.45, 7) is 19.9. The molecule has 9 rings (SSSR count). The van der Waals surface area contributed by atoms with Crippen LogP contribution in [0, 0.1) is 18.8 Å². The van der Waals surface area contributed by atoms with Crippen LogP contribution in [0.1, 0.15) is 66.5 Å². The van der Waals surface area contributed by atoms with Crippen LogP contribution in [-0.4, -0.2) is 9.55 Å². The maximum Gasteiger partial charge on any atom is 0.135 e. The van der Waals surface area contributed by atoms with Crippen molar-refractivity contribution in [2.75, 3.05) is 9.80 Å². The molecule has 0 aliphatic carbocycles. The second-order valence-electron chi connectivity index (χ2n) is 17.6. The van der Waals surface area contributed by atoms with Gasteiger partial charge in [-0.05, 0) is 94.3 Å². The summed E-state index contributed by atoms with van der Waals surface area (Å²) in [5, 5.41) is 2.24. The zero-order valence-corrected chi connectivity index (χ0v) is 37.7. The second-order valence-corrected chi connectivity index (χ2v) is 17.6. The predicted octanol–water partition coefficient (Wildman–Crippen LogP) is 14.2. The van der Waals surface area contributed by atoms with E-state index in [0.29, 0.717) is 11.5 Å². The normalized spacial score (nSPS) is 13.3. The van der Waals surface area contributed by atoms with Gasteiger partial charge in [-0.25, -0.2) is 4.98 Å². The third-order valence-corrected chi connectivity index (χ3v) is 11.5. The Morgan fingerprint density at radius 2 is 1.17 bits per heavy atom. The Morgan fingerprint density at radius 3 is 1.82 bits per heavy atom. The van der Waals surface area contributed by atoms with E-state index in [1.165, 1.54) is 27.8 Å². The maximum atomic E-state index is 6.78. The van der Waals surface area contributed by atoms with Gasteiger partial charge in [-0.1, -0.05) is 126 Å². The molecule has 0 atom stereocenters. The van der Waals surface area contributed by atoms with Crippen molar-refractivity contribution in [3.05, 3.63) is 187 Å². The van der Waals surface area contributed by atoms with E-state index in [1.807, 2.05) is 12.3 Å². The number of rotatable bonds is 7. The van der Waals surface area contributed by atoms with E-state index < -0.39 is 0 Å². The Hall–Kier alpha value is -5.90.